The van der Waals surface area contributed by atoms with E-state index < -0.39 is 6.09 Å². The molecule has 2 aromatic carbocycles. The summed E-state index contributed by atoms with van der Waals surface area (Å²) in [6.07, 6.45) is 3.44. The van der Waals surface area contributed by atoms with E-state index >= 15 is 0 Å². The zero-order chi connectivity index (χ0) is 15.8. The topological polar surface area (TPSA) is 38.3 Å². The highest BCUT2D eigenvalue weighted by Gasteiger charge is 2.00. The SMILES string of the molecule is Cc1cc(Br)cc(C=CCNC(=O)OCc2ccccc2)c1. The van der Waals surface area contributed by atoms with Gasteiger partial charge in [0.15, 0.2) is 0 Å². The summed E-state index contributed by atoms with van der Waals surface area (Å²) in [5.41, 5.74) is 3.24. The minimum atomic E-state index is -0.418. The van der Waals surface area contributed by atoms with E-state index in [4.69, 9.17) is 4.74 Å². The number of alkyl carbamates (subject to hydrolysis) is 1. The number of nitrogens with one attached hydrogen (secondary N) is 1. The monoisotopic (exact) mass is 359 g/mol. The lowest BCUT2D eigenvalue weighted by molar-refractivity contribution is 0.141. The molecule has 0 bridgehead atoms. The van der Waals surface area contributed by atoms with Crippen LogP contribution in [0.2, 0.25) is 0 Å². The first-order valence-electron chi connectivity index (χ1n) is 7.02. The van der Waals surface area contributed by atoms with E-state index in [0.29, 0.717) is 6.54 Å². The van der Waals surface area contributed by atoms with E-state index in [1.54, 1.807) is 0 Å². The first-order valence-corrected chi connectivity index (χ1v) is 7.81. The third-order valence-electron chi connectivity index (χ3n) is 2.95. The van der Waals surface area contributed by atoms with Crippen LogP contribution in [-0.2, 0) is 11.3 Å². The van der Waals surface area contributed by atoms with Crippen LogP contribution in [0.5, 0.6) is 0 Å². The number of benzene rings is 2. The summed E-state index contributed by atoms with van der Waals surface area (Å²) in [7, 11) is 0. The maximum absolute atomic E-state index is 11.6. The lowest BCUT2D eigenvalue weighted by Gasteiger charge is -2.05. The van der Waals surface area contributed by atoms with Gasteiger partial charge in [-0.2, -0.15) is 0 Å². The van der Waals surface area contributed by atoms with Crippen molar-refractivity contribution in [1.82, 2.24) is 5.32 Å². The smallest absolute Gasteiger partial charge is 0.407 e. The molecule has 0 aromatic heterocycles. The summed E-state index contributed by atoms with van der Waals surface area (Å²) in [6.45, 7) is 2.75. The Morgan fingerprint density at radius 1 is 1.23 bits per heavy atom. The van der Waals surface area contributed by atoms with Crippen molar-refractivity contribution >= 4 is 28.1 Å². The molecule has 2 rings (SSSR count). The van der Waals surface area contributed by atoms with Crippen molar-refractivity contribution in [3.63, 3.8) is 0 Å². The number of rotatable bonds is 5. The second-order valence-corrected chi connectivity index (χ2v) is 5.82. The second-order valence-electron chi connectivity index (χ2n) is 4.91. The molecule has 3 nitrogen and oxygen atoms in total. The normalized spacial score (nSPS) is 10.6. The fraction of sp³-hybridized carbons (Fsp3) is 0.167. The molecule has 1 N–H and O–H groups in total. The molecule has 0 aliphatic heterocycles. The van der Waals surface area contributed by atoms with Crippen molar-refractivity contribution in [3.8, 4) is 0 Å². The van der Waals surface area contributed by atoms with Crippen LogP contribution in [-0.4, -0.2) is 12.6 Å². The first kappa shape index (κ1) is 16.3. The number of hydrogen-bond acceptors (Lipinski definition) is 2. The quantitative estimate of drug-likeness (QED) is 0.840. The summed E-state index contributed by atoms with van der Waals surface area (Å²) in [5, 5.41) is 2.69. The molecule has 0 saturated heterocycles. The molecule has 0 heterocycles. The Hall–Kier alpha value is -2.07. The molecule has 22 heavy (non-hydrogen) atoms. The van der Waals surface area contributed by atoms with Crippen LogP contribution >= 0.6 is 15.9 Å². The van der Waals surface area contributed by atoms with E-state index in [9.17, 15) is 4.79 Å². The van der Waals surface area contributed by atoms with Gasteiger partial charge in [0.25, 0.3) is 0 Å². The fourth-order valence-corrected chi connectivity index (χ4v) is 2.60. The van der Waals surface area contributed by atoms with Gasteiger partial charge in [-0.3, -0.25) is 0 Å². The third kappa shape index (κ3) is 5.74. The Balaban J connectivity index is 1.73. The molecule has 0 radical (unpaired) electrons. The van der Waals surface area contributed by atoms with E-state index in [1.807, 2.05) is 55.5 Å². The number of halogens is 1. The van der Waals surface area contributed by atoms with Gasteiger partial charge >= 0.3 is 6.09 Å². The molecule has 0 unspecified atom stereocenters. The van der Waals surface area contributed by atoms with Crippen molar-refractivity contribution in [3.05, 3.63) is 75.8 Å². The third-order valence-corrected chi connectivity index (χ3v) is 3.41. The summed E-state index contributed by atoms with van der Waals surface area (Å²) in [4.78, 5) is 11.6. The molecule has 0 saturated carbocycles. The fourth-order valence-electron chi connectivity index (χ4n) is 1.97. The van der Waals surface area contributed by atoms with Crippen LogP contribution in [0.4, 0.5) is 4.79 Å². The van der Waals surface area contributed by atoms with Crippen LogP contribution in [0.3, 0.4) is 0 Å². The zero-order valence-corrected chi connectivity index (χ0v) is 14.0. The number of hydrogen-bond donors (Lipinski definition) is 1. The summed E-state index contributed by atoms with van der Waals surface area (Å²) >= 11 is 3.46. The number of amides is 1. The van der Waals surface area contributed by atoms with Crippen molar-refractivity contribution in [2.75, 3.05) is 6.54 Å². The van der Waals surface area contributed by atoms with Crippen LogP contribution in [0.15, 0.2) is 59.1 Å². The van der Waals surface area contributed by atoms with Crippen LogP contribution in [0.1, 0.15) is 16.7 Å². The van der Waals surface area contributed by atoms with Gasteiger partial charge in [-0.25, -0.2) is 4.79 Å². The molecule has 114 valence electrons. The maximum Gasteiger partial charge on any atom is 0.407 e. The first-order chi connectivity index (χ1) is 10.6. The molecule has 4 heteroatoms. The van der Waals surface area contributed by atoms with Gasteiger partial charge in [-0.05, 0) is 35.7 Å². The van der Waals surface area contributed by atoms with Crippen molar-refractivity contribution in [1.29, 1.82) is 0 Å². The number of ether oxygens (including phenoxy) is 1. The van der Waals surface area contributed by atoms with Crippen LogP contribution in [0.25, 0.3) is 6.08 Å². The van der Waals surface area contributed by atoms with E-state index in [2.05, 4.69) is 33.4 Å². The van der Waals surface area contributed by atoms with Gasteiger partial charge < -0.3 is 10.1 Å². The Labute approximate surface area is 139 Å². The van der Waals surface area contributed by atoms with E-state index in [-0.39, 0.29) is 6.61 Å². The highest BCUT2D eigenvalue weighted by atomic mass is 79.9. The molecule has 0 atom stereocenters. The lowest BCUT2D eigenvalue weighted by Crippen LogP contribution is -2.24. The lowest BCUT2D eigenvalue weighted by atomic mass is 10.1. The second kappa shape index (κ2) is 8.39. The molecule has 1 amide bonds. The van der Waals surface area contributed by atoms with Gasteiger partial charge in [-0.15, -0.1) is 0 Å². The van der Waals surface area contributed by atoms with Gasteiger partial charge in [0.1, 0.15) is 6.61 Å². The van der Waals surface area contributed by atoms with Gasteiger partial charge in [0, 0.05) is 11.0 Å². The van der Waals surface area contributed by atoms with Crippen molar-refractivity contribution in [2.45, 2.75) is 13.5 Å². The maximum atomic E-state index is 11.6. The average molecular weight is 360 g/mol. The average Bonchev–Trinajstić information content (AvgIpc) is 2.50. The Kier molecular flexibility index (Phi) is 6.22. The molecular weight excluding hydrogens is 342 g/mol. The minimum Gasteiger partial charge on any atom is -0.445 e. The van der Waals surface area contributed by atoms with Gasteiger partial charge in [0.2, 0.25) is 0 Å². The van der Waals surface area contributed by atoms with Crippen molar-refractivity contribution < 1.29 is 9.53 Å². The molecule has 0 spiro atoms. The summed E-state index contributed by atoms with van der Waals surface area (Å²) in [5.74, 6) is 0. The summed E-state index contributed by atoms with van der Waals surface area (Å²) in [6, 6.07) is 15.8. The predicted molar refractivity (Wildman–Crippen MR) is 92.5 cm³/mol. The van der Waals surface area contributed by atoms with E-state index in [1.165, 1.54) is 5.56 Å². The zero-order valence-electron chi connectivity index (χ0n) is 12.4. The Morgan fingerprint density at radius 3 is 2.73 bits per heavy atom. The minimum absolute atomic E-state index is 0.279. The molecule has 0 aliphatic carbocycles. The van der Waals surface area contributed by atoms with Crippen LogP contribution < -0.4 is 5.32 Å². The molecular formula is C18H18BrNO2. The molecule has 0 fully saturated rings. The standard InChI is InChI=1S/C18H18BrNO2/c1-14-10-16(12-17(19)11-14)8-5-9-20-18(21)22-13-15-6-3-2-4-7-15/h2-8,10-12H,9,13H2,1H3,(H,20,21). The van der Waals surface area contributed by atoms with Gasteiger partial charge in [-0.1, -0.05) is 64.5 Å². The predicted octanol–water partition coefficient (Wildman–Crippen LogP) is 4.70. The molecule has 0 aliphatic rings. The van der Waals surface area contributed by atoms with Gasteiger partial charge in [0.05, 0.1) is 0 Å². The molecule has 2 aromatic rings. The van der Waals surface area contributed by atoms with Crippen molar-refractivity contribution in [2.24, 2.45) is 0 Å². The largest absolute Gasteiger partial charge is 0.445 e. The van der Waals surface area contributed by atoms with E-state index in [0.717, 1.165) is 15.6 Å². The Bertz CT molecular complexity index is 633. The number of carbonyl (C=O) groups is 1. The Morgan fingerprint density at radius 2 is 2.00 bits per heavy atom. The number of carbonyl (C=O) groups excluding carboxylic acids is 1. The highest BCUT2D eigenvalue weighted by molar-refractivity contribution is 9.10. The summed E-state index contributed by atoms with van der Waals surface area (Å²) < 4.78 is 6.17. The highest BCUT2D eigenvalue weighted by Crippen LogP contribution is 2.16. The number of aryl methyl sites for hydroxylation is 1. The van der Waals surface area contributed by atoms with Crippen LogP contribution in [0, 0.1) is 6.92 Å².